The van der Waals surface area contributed by atoms with Gasteiger partial charge in [0.15, 0.2) is 28.0 Å². The first-order valence-electron chi connectivity index (χ1n) is 14.7. The van der Waals surface area contributed by atoms with Crippen molar-refractivity contribution in [3.05, 3.63) is 112 Å². The number of rotatable bonds is 15. The number of anilines is 1. The maximum Gasteiger partial charge on any atom is 0.422 e. The average molecular weight is 687 g/mol. The minimum Gasteiger partial charge on any atom is -0.454 e. The first-order valence-corrected chi connectivity index (χ1v) is 16.9. The van der Waals surface area contributed by atoms with Gasteiger partial charge in [0.2, 0.25) is 5.95 Å². The Labute approximate surface area is 274 Å². The molecule has 0 unspecified atom stereocenters. The van der Waals surface area contributed by atoms with Gasteiger partial charge in [-0.2, -0.15) is 28.1 Å². The summed E-state index contributed by atoms with van der Waals surface area (Å²) in [5.41, 5.74) is 1.69. The highest BCUT2D eigenvalue weighted by Gasteiger charge is 2.45. The maximum atomic E-state index is 12.9. The van der Waals surface area contributed by atoms with Gasteiger partial charge in [-0.25, -0.2) is 8.42 Å². The molecular formula is C33H30ClF3N4O5S. The molecule has 9 nitrogen and oxygen atoms in total. The van der Waals surface area contributed by atoms with E-state index in [9.17, 15) is 31.2 Å². The molecule has 5 rings (SSSR count). The fourth-order valence-electron chi connectivity index (χ4n) is 4.91. The molecule has 1 aliphatic rings. The Hall–Kier alpha value is -4.36. The van der Waals surface area contributed by atoms with Crippen LogP contribution in [0.5, 0.6) is 6.01 Å². The van der Waals surface area contributed by atoms with Gasteiger partial charge in [0.25, 0.3) is 0 Å². The fraction of sp³-hybridized carbons (Fsp3) is 0.303. The molecule has 1 N–H and O–H groups in total. The van der Waals surface area contributed by atoms with E-state index >= 15 is 0 Å². The van der Waals surface area contributed by atoms with Crippen LogP contribution in [0.15, 0.2) is 78.9 Å². The minimum absolute atomic E-state index is 0.0436. The van der Waals surface area contributed by atoms with Gasteiger partial charge in [0, 0.05) is 29.0 Å². The third-order valence-corrected chi connectivity index (χ3v) is 9.33. The molecule has 0 spiro atoms. The highest BCUT2D eigenvalue weighted by Crippen LogP contribution is 2.48. The molecule has 0 bridgehead atoms. The number of sulfone groups is 1. The second-order valence-electron chi connectivity index (χ2n) is 11.3. The van der Waals surface area contributed by atoms with Gasteiger partial charge in [-0.05, 0) is 42.5 Å². The van der Waals surface area contributed by atoms with Gasteiger partial charge in [-0.15, -0.1) is 0 Å². The molecule has 1 heterocycles. The second kappa shape index (κ2) is 14.2. The number of ether oxygens (including phenoxy) is 1. The summed E-state index contributed by atoms with van der Waals surface area (Å²) in [6.45, 7) is -1.58. The van der Waals surface area contributed by atoms with E-state index in [0.29, 0.717) is 16.1 Å². The van der Waals surface area contributed by atoms with E-state index in [1.54, 1.807) is 54.6 Å². The number of nitrogens with one attached hydrogen (secondary N) is 1. The number of hydrogen-bond donors (Lipinski definition) is 1. The van der Waals surface area contributed by atoms with E-state index in [1.807, 2.05) is 12.1 Å². The Kier molecular flexibility index (Phi) is 10.3. The molecular weight excluding hydrogens is 657 g/mol. The van der Waals surface area contributed by atoms with Gasteiger partial charge in [-0.1, -0.05) is 78.3 Å². The number of carbonyl (C=O) groups excluding carboxylic acids is 2. The lowest BCUT2D eigenvalue weighted by molar-refractivity contribution is -0.154. The summed E-state index contributed by atoms with van der Waals surface area (Å²) in [5.74, 6) is -1.61. The van der Waals surface area contributed by atoms with Crippen molar-refractivity contribution >= 4 is 39.0 Å². The normalized spacial score (nSPS) is 14.0. The number of hydrogen-bond acceptors (Lipinski definition) is 9. The number of aromatic nitrogens is 3. The SMILES string of the molecule is O=C(CCCS(=O)(=O)CC(=O)c1ccc(Cc2nc(NC3(c4ccc(Cl)cc4)CC3)nc(OCC(F)(F)F)n2)cc1)c1ccccc1. The quantitative estimate of drug-likeness (QED) is 0.141. The van der Waals surface area contributed by atoms with E-state index in [-0.39, 0.29) is 48.1 Å². The molecule has 0 atom stereocenters. The van der Waals surface area contributed by atoms with Crippen molar-refractivity contribution in [2.24, 2.45) is 0 Å². The molecule has 1 aliphatic carbocycles. The van der Waals surface area contributed by atoms with E-state index in [1.165, 1.54) is 12.1 Å². The van der Waals surface area contributed by atoms with Crippen LogP contribution in [-0.2, 0) is 21.8 Å². The van der Waals surface area contributed by atoms with Gasteiger partial charge in [-0.3, -0.25) is 9.59 Å². The zero-order valence-corrected chi connectivity index (χ0v) is 26.5. The largest absolute Gasteiger partial charge is 0.454 e. The lowest BCUT2D eigenvalue weighted by Crippen LogP contribution is -2.23. The fourth-order valence-corrected chi connectivity index (χ4v) is 6.33. The first-order chi connectivity index (χ1) is 22.3. The average Bonchev–Trinajstić information content (AvgIpc) is 3.80. The van der Waals surface area contributed by atoms with Crippen LogP contribution in [-0.4, -0.2) is 59.2 Å². The lowest BCUT2D eigenvalue weighted by Gasteiger charge is -2.19. The molecule has 4 aromatic rings. The van der Waals surface area contributed by atoms with Crippen molar-refractivity contribution in [3.63, 3.8) is 0 Å². The summed E-state index contributed by atoms with van der Waals surface area (Å²) in [4.78, 5) is 37.5. The van der Waals surface area contributed by atoms with E-state index in [0.717, 1.165) is 18.4 Å². The zero-order valence-electron chi connectivity index (χ0n) is 25.0. The van der Waals surface area contributed by atoms with Crippen molar-refractivity contribution in [2.75, 3.05) is 23.4 Å². The summed E-state index contributed by atoms with van der Waals surface area (Å²) in [7, 11) is -3.76. The summed E-state index contributed by atoms with van der Waals surface area (Å²) in [6.07, 6.45) is -2.91. The van der Waals surface area contributed by atoms with Crippen LogP contribution in [0.25, 0.3) is 0 Å². The predicted molar refractivity (Wildman–Crippen MR) is 170 cm³/mol. The number of benzene rings is 3. The Morgan fingerprint density at radius 1 is 0.872 bits per heavy atom. The topological polar surface area (TPSA) is 128 Å². The molecule has 0 amide bonds. The highest BCUT2D eigenvalue weighted by molar-refractivity contribution is 7.92. The summed E-state index contributed by atoms with van der Waals surface area (Å²) < 4.78 is 68.7. The molecule has 246 valence electrons. The molecule has 0 radical (unpaired) electrons. The van der Waals surface area contributed by atoms with Crippen LogP contribution in [0.1, 0.15) is 63.4 Å². The Morgan fingerprint density at radius 2 is 1.53 bits per heavy atom. The number of ketones is 2. The Morgan fingerprint density at radius 3 is 2.17 bits per heavy atom. The van der Waals surface area contributed by atoms with E-state index < -0.39 is 45.7 Å². The number of Topliss-reactive ketones (excluding diaryl/α,β-unsaturated/α-hetero) is 2. The van der Waals surface area contributed by atoms with Crippen LogP contribution in [0.2, 0.25) is 5.02 Å². The van der Waals surface area contributed by atoms with Gasteiger partial charge >= 0.3 is 12.2 Å². The summed E-state index contributed by atoms with van der Waals surface area (Å²) >= 11 is 6.02. The van der Waals surface area contributed by atoms with Crippen LogP contribution in [0.4, 0.5) is 19.1 Å². The van der Waals surface area contributed by atoms with E-state index in [2.05, 4.69) is 20.3 Å². The smallest absolute Gasteiger partial charge is 0.422 e. The van der Waals surface area contributed by atoms with Gasteiger partial charge in [0.05, 0.1) is 11.3 Å². The van der Waals surface area contributed by atoms with E-state index in [4.69, 9.17) is 16.3 Å². The third kappa shape index (κ3) is 9.82. The lowest BCUT2D eigenvalue weighted by atomic mass is 10.1. The molecule has 14 heteroatoms. The number of carbonyl (C=O) groups is 2. The number of alkyl halides is 3. The van der Waals surface area contributed by atoms with Gasteiger partial charge < -0.3 is 10.1 Å². The van der Waals surface area contributed by atoms with Crippen LogP contribution in [0, 0.1) is 0 Å². The van der Waals surface area contributed by atoms with Crippen LogP contribution >= 0.6 is 11.6 Å². The van der Waals surface area contributed by atoms with Crippen molar-refractivity contribution in [3.8, 4) is 6.01 Å². The Bertz CT molecular complexity index is 1840. The number of nitrogens with zero attached hydrogens (tertiary/aromatic N) is 3. The van der Waals surface area contributed by atoms with Crippen molar-refractivity contribution in [2.45, 2.75) is 43.8 Å². The first kappa shape index (κ1) is 34.0. The second-order valence-corrected chi connectivity index (χ2v) is 13.9. The zero-order chi connectivity index (χ0) is 33.7. The molecule has 47 heavy (non-hydrogen) atoms. The molecule has 0 aliphatic heterocycles. The minimum atomic E-state index is -4.60. The van der Waals surface area contributed by atoms with Crippen LogP contribution < -0.4 is 10.1 Å². The monoisotopic (exact) mass is 686 g/mol. The molecule has 1 saturated carbocycles. The maximum absolute atomic E-state index is 12.9. The van der Waals surface area contributed by atoms with Crippen molar-refractivity contribution in [1.82, 2.24) is 15.0 Å². The number of halogens is 4. The van der Waals surface area contributed by atoms with Crippen molar-refractivity contribution in [1.29, 1.82) is 0 Å². The predicted octanol–water partition coefficient (Wildman–Crippen LogP) is 6.42. The van der Waals surface area contributed by atoms with Gasteiger partial charge in [0.1, 0.15) is 11.6 Å². The molecule has 1 fully saturated rings. The van der Waals surface area contributed by atoms with Crippen LogP contribution in [0.3, 0.4) is 0 Å². The third-order valence-electron chi connectivity index (χ3n) is 7.47. The van der Waals surface area contributed by atoms with Crippen molar-refractivity contribution < 1.29 is 35.9 Å². The highest BCUT2D eigenvalue weighted by atomic mass is 35.5. The standard InChI is InChI=1S/C33H30ClF3N4O5S/c34-26-14-12-25(13-15-26)32(16-17-32)41-30-38-29(39-31(40-30)46-21-33(35,36)37)19-22-8-10-24(11-9-22)28(43)20-47(44,45)18-4-7-27(42)23-5-2-1-3-6-23/h1-3,5-6,8-15H,4,7,16-21H2,(H,38,39,40,41). The molecule has 1 aromatic heterocycles. The molecule has 3 aromatic carbocycles. The Balaban J connectivity index is 1.23. The summed E-state index contributed by atoms with van der Waals surface area (Å²) in [6, 6.07) is 21.4. The summed E-state index contributed by atoms with van der Waals surface area (Å²) in [5, 5.41) is 3.78. The molecule has 0 saturated heterocycles.